The van der Waals surface area contributed by atoms with E-state index in [1.165, 1.54) is 0 Å². The third kappa shape index (κ3) is 1.46. The Bertz CT molecular complexity index is 223. The van der Waals surface area contributed by atoms with Crippen molar-refractivity contribution in [3.8, 4) is 0 Å². The van der Waals surface area contributed by atoms with Crippen LogP contribution in [0.2, 0.25) is 0 Å². The highest BCUT2D eigenvalue weighted by Crippen LogP contribution is 2.32. The Balaban J connectivity index is 1.97. The summed E-state index contributed by atoms with van der Waals surface area (Å²) < 4.78 is 0. The predicted molar refractivity (Wildman–Crippen MR) is 51.1 cm³/mol. The molecule has 0 spiro atoms. The topological polar surface area (TPSA) is 46.3 Å². The average molecular weight is 182 g/mol. The summed E-state index contributed by atoms with van der Waals surface area (Å²) in [4.78, 5) is 13.8. The SMILES string of the molecule is CC1CCN(C(=O)C2(N)CCC2)C1. The van der Waals surface area contributed by atoms with E-state index in [0.717, 1.165) is 38.8 Å². The zero-order chi connectivity index (χ0) is 9.47. The minimum atomic E-state index is -0.482. The largest absolute Gasteiger partial charge is 0.341 e. The number of rotatable bonds is 1. The van der Waals surface area contributed by atoms with Gasteiger partial charge in [0.05, 0.1) is 5.54 Å². The van der Waals surface area contributed by atoms with Crippen LogP contribution in [0.5, 0.6) is 0 Å². The van der Waals surface area contributed by atoms with Crippen molar-refractivity contribution in [3.05, 3.63) is 0 Å². The molecule has 1 heterocycles. The van der Waals surface area contributed by atoms with Gasteiger partial charge in [0.2, 0.25) is 5.91 Å². The van der Waals surface area contributed by atoms with Crippen molar-refractivity contribution in [2.24, 2.45) is 11.7 Å². The van der Waals surface area contributed by atoms with Crippen LogP contribution >= 0.6 is 0 Å². The lowest BCUT2D eigenvalue weighted by molar-refractivity contribution is -0.139. The zero-order valence-corrected chi connectivity index (χ0v) is 8.25. The van der Waals surface area contributed by atoms with E-state index in [4.69, 9.17) is 5.73 Å². The van der Waals surface area contributed by atoms with Crippen LogP contribution in [0, 0.1) is 5.92 Å². The van der Waals surface area contributed by atoms with Gasteiger partial charge in [-0.1, -0.05) is 6.92 Å². The van der Waals surface area contributed by atoms with E-state index in [1.54, 1.807) is 0 Å². The summed E-state index contributed by atoms with van der Waals surface area (Å²) in [6, 6.07) is 0. The highest BCUT2D eigenvalue weighted by Gasteiger charge is 2.43. The van der Waals surface area contributed by atoms with Gasteiger partial charge in [-0.25, -0.2) is 0 Å². The van der Waals surface area contributed by atoms with Crippen molar-refractivity contribution in [1.29, 1.82) is 0 Å². The second-order valence-corrected chi connectivity index (χ2v) is 4.65. The third-order valence-corrected chi connectivity index (χ3v) is 3.38. The Morgan fingerprint density at radius 3 is 2.62 bits per heavy atom. The van der Waals surface area contributed by atoms with Crippen molar-refractivity contribution in [1.82, 2.24) is 4.90 Å². The second kappa shape index (κ2) is 2.98. The minimum Gasteiger partial charge on any atom is -0.341 e. The number of carbonyl (C=O) groups is 1. The van der Waals surface area contributed by atoms with Gasteiger partial charge in [-0.15, -0.1) is 0 Å². The number of nitrogens with zero attached hydrogens (tertiary/aromatic N) is 1. The van der Waals surface area contributed by atoms with Crippen molar-refractivity contribution in [2.45, 2.75) is 38.1 Å². The number of amides is 1. The second-order valence-electron chi connectivity index (χ2n) is 4.65. The van der Waals surface area contributed by atoms with Gasteiger partial charge in [0.25, 0.3) is 0 Å². The first-order chi connectivity index (χ1) is 6.12. The van der Waals surface area contributed by atoms with Gasteiger partial charge in [0, 0.05) is 13.1 Å². The summed E-state index contributed by atoms with van der Waals surface area (Å²) in [7, 11) is 0. The Hall–Kier alpha value is -0.570. The summed E-state index contributed by atoms with van der Waals surface area (Å²) in [5.41, 5.74) is 5.50. The lowest BCUT2D eigenvalue weighted by Crippen LogP contribution is -2.59. The van der Waals surface area contributed by atoms with Crippen LogP contribution in [0.1, 0.15) is 32.6 Å². The zero-order valence-electron chi connectivity index (χ0n) is 8.25. The first-order valence-corrected chi connectivity index (χ1v) is 5.20. The molecule has 3 nitrogen and oxygen atoms in total. The molecular formula is C10H18N2O. The standard InChI is InChI=1S/C10H18N2O/c1-8-3-6-12(7-8)9(13)10(11)4-2-5-10/h8H,2-7,11H2,1H3. The number of nitrogens with two attached hydrogens (primary N) is 1. The Morgan fingerprint density at radius 1 is 1.54 bits per heavy atom. The van der Waals surface area contributed by atoms with Gasteiger partial charge in [0.15, 0.2) is 0 Å². The monoisotopic (exact) mass is 182 g/mol. The van der Waals surface area contributed by atoms with Gasteiger partial charge < -0.3 is 10.6 Å². The summed E-state index contributed by atoms with van der Waals surface area (Å²) in [6.45, 7) is 4.02. The van der Waals surface area contributed by atoms with E-state index in [0.29, 0.717) is 5.92 Å². The van der Waals surface area contributed by atoms with E-state index in [9.17, 15) is 4.79 Å². The van der Waals surface area contributed by atoms with Crippen LogP contribution in [-0.4, -0.2) is 29.4 Å². The maximum absolute atomic E-state index is 11.9. The molecule has 1 saturated heterocycles. The van der Waals surface area contributed by atoms with E-state index >= 15 is 0 Å². The minimum absolute atomic E-state index is 0.197. The highest BCUT2D eigenvalue weighted by molar-refractivity contribution is 5.87. The van der Waals surface area contributed by atoms with E-state index in [-0.39, 0.29) is 5.91 Å². The lowest BCUT2D eigenvalue weighted by Gasteiger charge is -2.39. The molecule has 3 heteroatoms. The van der Waals surface area contributed by atoms with Gasteiger partial charge in [0.1, 0.15) is 0 Å². The summed E-state index contributed by atoms with van der Waals surface area (Å²) in [5.74, 6) is 0.857. The molecule has 2 rings (SSSR count). The molecule has 74 valence electrons. The molecule has 1 aliphatic carbocycles. The van der Waals surface area contributed by atoms with Crippen LogP contribution < -0.4 is 5.73 Å². The summed E-state index contributed by atoms with van der Waals surface area (Å²) >= 11 is 0. The van der Waals surface area contributed by atoms with Gasteiger partial charge >= 0.3 is 0 Å². The highest BCUT2D eigenvalue weighted by atomic mass is 16.2. The molecule has 1 unspecified atom stereocenters. The van der Waals surface area contributed by atoms with Crippen molar-refractivity contribution < 1.29 is 4.79 Å². The predicted octanol–water partition coefficient (Wildman–Crippen LogP) is 0.736. The lowest BCUT2D eigenvalue weighted by atomic mass is 9.76. The van der Waals surface area contributed by atoms with Crippen molar-refractivity contribution in [2.75, 3.05) is 13.1 Å². The molecule has 2 fully saturated rings. The number of likely N-dealkylation sites (tertiary alicyclic amines) is 1. The maximum Gasteiger partial charge on any atom is 0.242 e. The van der Waals surface area contributed by atoms with Gasteiger partial charge in [-0.05, 0) is 31.6 Å². The van der Waals surface area contributed by atoms with Gasteiger partial charge in [-0.2, -0.15) is 0 Å². The van der Waals surface area contributed by atoms with Crippen molar-refractivity contribution in [3.63, 3.8) is 0 Å². The Kier molecular flexibility index (Phi) is 2.06. The number of hydrogen-bond acceptors (Lipinski definition) is 2. The molecule has 13 heavy (non-hydrogen) atoms. The third-order valence-electron chi connectivity index (χ3n) is 3.38. The molecule has 0 aromatic heterocycles. The first kappa shape index (κ1) is 9.00. The molecule has 0 aromatic rings. The molecule has 2 N–H and O–H groups in total. The molecule has 1 amide bonds. The maximum atomic E-state index is 11.9. The van der Waals surface area contributed by atoms with Crippen LogP contribution in [0.3, 0.4) is 0 Å². The van der Waals surface area contributed by atoms with E-state index in [1.807, 2.05) is 4.90 Å². The molecule has 2 aliphatic rings. The summed E-state index contributed by atoms with van der Waals surface area (Å²) in [6.07, 6.45) is 4.03. The van der Waals surface area contributed by atoms with Crippen LogP contribution in [0.15, 0.2) is 0 Å². The smallest absolute Gasteiger partial charge is 0.242 e. The normalized spacial score (nSPS) is 31.5. The first-order valence-electron chi connectivity index (χ1n) is 5.20. The fourth-order valence-electron chi connectivity index (χ4n) is 2.21. The van der Waals surface area contributed by atoms with E-state index in [2.05, 4.69) is 6.92 Å². The number of hydrogen-bond donors (Lipinski definition) is 1. The van der Waals surface area contributed by atoms with Gasteiger partial charge in [-0.3, -0.25) is 4.79 Å². The van der Waals surface area contributed by atoms with Crippen LogP contribution in [0.4, 0.5) is 0 Å². The van der Waals surface area contributed by atoms with Crippen molar-refractivity contribution >= 4 is 5.91 Å². The molecule has 1 atom stereocenters. The Morgan fingerprint density at radius 2 is 2.23 bits per heavy atom. The molecule has 0 radical (unpaired) electrons. The molecular weight excluding hydrogens is 164 g/mol. The molecule has 1 saturated carbocycles. The average Bonchev–Trinajstić information content (AvgIpc) is 2.46. The summed E-state index contributed by atoms with van der Waals surface area (Å²) in [5, 5.41) is 0. The molecule has 0 bridgehead atoms. The van der Waals surface area contributed by atoms with Crippen LogP contribution in [0.25, 0.3) is 0 Å². The fourth-order valence-corrected chi connectivity index (χ4v) is 2.21. The molecule has 1 aliphatic heterocycles. The fraction of sp³-hybridized carbons (Fsp3) is 0.900. The molecule has 0 aromatic carbocycles. The van der Waals surface area contributed by atoms with E-state index < -0.39 is 5.54 Å². The number of carbonyl (C=O) groups excluding carboxylic acids is 1. The van der Waals surface area contributed by atoms with Crippen LogP contribution in [-0.2, 0) is 4.79 Å². The Labute approximate surface area is 79.3 Å². The quantitative estimate of drug-likeness (QED) is 0.650.